The summed E-state index contributed by atoms with van der Waals surface area (Å²) >= 11 is 0. The summed E-state index contributed by atoms with van der Waals surface area (Å²) in [5.41, 5.74) is 0.0409. The second kappa shape index (κ2) is 5.96. The van der Waals surface area contributed by atoms with E-state index in [1.165, 1.54) is 12.1 Å². The van der Waals surface area contributed by atoms with Crippen LogP contribution in [0.25, 0.3) is 0 Å². The predicted octanol–water partition coefficient (Wildman–Crippen LogP) is 3.00. The van der Waals surface area contributed by atoms with Gasteiger partial charge in [0.05, 0.1) is 6.61 Å². The van der Waals surface area contributed by atoms with Crippen LogP contribution in [0.3, 0.4) is 0 Å². The van der Waals surface area contributed by atoms with E-state index in [4.69, 9.17) is 4.74 Å². The minimum absolute atomic E-state index is 0.0409. The first kappa shape index (κ1) is 12.3. The molecule has 1 aromatic carbocycles. The predicted molar refractivity (Wildman–Crippen MR) is 62.5 cm³/mol. The van der Waals surface area contributed by atoms with E-state index in [-0.39, 0.29) is 5.56 Å². The Balaban J connectivity index is 1.82. The molecule has 1 saturated heterocycles. The van der Waals surface area contributed by atoms with Gasteiger partial charge in [-0.25, -0.2) is 8.78 Å². The van der Waals surface area contributed by atoms with Crippen molar-refractivity contribution in [3.05, 3.63) is 29.8 Å². The molecular weight excluding hydrogens is 224 g/mol. The van der Waals surface area contributed by atoms with Crippen molar-refractivity contribution < 1.29 is 13.5 Å². The quantitative estimate of drug-likeness (QED) is 0.875. The highest BCUT2D eigenvalue weighted by molar-refractivity contribution is 5.27. The van der Waals surface area contributed by atoms with Gasteiger partial charge in [-0.2, -0.15) is 0 Å². The van der Waals surface area contributed by atoms with Crippen LogP contribution in [-0.4, -0.2) is 19.7 Å². The van der Waals surface area contributed by atoms with Crippen molar-refractivity contribution in [2.24, 2.45) is 5.92 Å². The monoisotopic (exact) mass is 241 g/mol. The van der Waals surface area contributed by atoms with E-state index >= 15 is 0 Å². The smallest absolute Gasteiger partial charge is 0.263 e. The molecule has 1 heterocycles. The summed E-state index contributed by atoms with van der Waals surface area (Å²) in [5, 5.41) is 3.29. The lowest BCUT2D eigenvalue weighted by atomic mass is 9.99. The maximum atomic E-state index is 12.3. The van der Waals surface area contributed by atoms with Crippen molar-refractivity contribution in [3.63, 3.8) is 0 Å². The molecule has 0 spiro atoms. The molecule has 0 radical (unpaired) electrons. The fourth-order valence-electron chi connectivity index (χ4n) is 1.97. The Morgan fingerprint density at radius 3 is 2.41 bits per heavy atom. The summed E-state index contributed by atoms with van der Waals surface area (Å²) in [5.74, 6) is 1.25. The Morgan fingerprint density at radius 1 is 1.18 bits per heavy atom. The number of alkyl halides is 2. The average Bonchev–Trinajstić information content (AvgIpc) is 2.38. The van der Waals surface area contributed by atoms with Gasteiger partial charge in [0.15, 0.2) is 0 Å². The second-order valence-electron chi connectivity index (χ2n) is 4.37. The van der Waals surface area contributed by atoms with Crippen molar-refractivity contribution >= 4 is 0 Å². The second-order valence-corrected chi connectivity index (χ2v) is 4.37. The molecule has 0 amide bonds. The number of hydrogen-bond donors (Lipinski definition) is 1. The van der Waals surface area contributed by atoms with E-state index in [0.29, 0.717) is 18.3 Å². The van der Waals surface area contributed by atoms with Crippen LogP contribution in [0.15, 0.2) is 24.3 Å². The molecule has 1 aliphatic rings. The van der Waals surface area contributed by atoms with Crippen molar-refractivity contribution in [1.82, 2.24) is 5.32 Å². The molecular formula is C13H17F2NO. The first-order chi connectivity index (χ1) is 8.25. The van der Waals surface area contributed by atoms with Crippen LogP contribution in [0.1, 0.15) is 24.8 Å². The largest absolute Gasteiger partial charge is 0.493 e. The number of ether oxygens (including phenoxy) is 1. The standard InChI is InChI=1S/C13H17F2NO/c14-13(15)11-1-3-12(4-2-11)17-9-10-5-7-16-8-6-10/h1-4,10,13,16H,5-9H2. The molecule has 1 aliphatic heterocycles. The Bertz CT molecular complexity index is 334. The zero-order valence-electron chi connectivity index (χ0n) is 9.66. The van der Waals surface area contributed by atoms with Gasteiger partial charge in [0.1, 0.15) is 5.75 Å². The molecule has 0 saturated carbocycles. The molecule has 17 heavy (non-hydrogen) atoms. The molecule has 0 atom stereocenters. The summed E-state index contributed by atoms with van der Waals surface area (Å²) < 4.78 is 30.3. The first-order valence-corrected chi connectivity index (χ1v) is 5.97. The van der Waals surface area contributed by atoms with Gasteiger partial charge in [0, 0.05) is 5.56 Å². The Labute approximate surface area is 100.0 Å². The van der Waals surface area contributed by atoms with Gasteiger partial charge < -0.3 is 10.1 Å². The van der Waals surface area contributed by atoms with E-state index in [1.54, 1.807) is 12.1 Å². The first-order valence-electron chi connectivity index (χ1n) is 5.97. The Morgan fingerprint density at radius 2 is 1.82 bits per heavy atom. The molecule has 2 nitrogen and oxygen atoms in total. The zero-order chi connectivity index (χ0) is 12.1. The molecule has 0 aromatic heterocycles. The van der Waals surface area contributed by atoms with E-state index in [1.807, 2.05) is 0 Å². The fraction of sp³-hybridized carbons (Fsp3) is 0.538. The summed E-state index contributed by atoms with van der Waals surface area (Å²) in [4.78, 5) is 0. The van der Waals surface area contributed by atoms with Gasteiger partial charge >= 0.3 is 0 Å². The number of halogens is 2. The van der Waals surface area contributed by atoms with Gasteiger partial charge in [0.25, 0.3) is 6.43 Å². The molecule has 1 fully saturated rings. The lowest BCUT2D eigenvalue weighted by Crippen LogP contribution is -2.30. The third-order valence-corrected chi connectivity index (χ3v) is 3.08. The van der Waals surface area contributed by atoms with Crippen molar-refractivity contribution in [3.8, 4) is 5.75 Å². The lowest BCUT2D eigenvalue weighted by molar-refractivity contribution is 0.151. The number of rotatable bonds is 4. The average molecular weight is 241 g/mol. The summed E-state index contributed by atoms with van der Waals surface area (Å²) in [7, 11) is 0. The SMILES string of the molecule is FC(F)c1ccc(OCC2CCNCC2)cc1. The topological polar surface area (TPSA) is 21.3 Å². The van der Waals surface area contributed by atoms with Crippen molar-refractivity contribution in [2.75, 3.05) is 19.7 Å². The highest BCUT2D eigenvalue weighted by atomic mass is 19.3. The van der Waals surface area contributed by atoms with Crippen LogP contribution < -0.4 is 10.1 Å². The van der Waals surface area contributed by atoms with Crippen LogP contribution in [0.2, 0.25) is 0 Å². The number of benzene rings is 1. The third kappa shape index (κ3) is 3.66. The molecule has 2 rings (SSSR count). The Hall–Kier alpha value is -1.16. The van der Waals surface area contributed by atoms with Gasteiger partial charge in [-0.1, -0.05) is 0 Å². The molecule has 0 bridgehead atoms. The number of piperidine rings is 1. The van der Waals surface area contributed by atoms with E-state index in [9.17, 15) is 8.78 Å². The van der Waals surface area contributed by atoms with Crippen LogP contribution in [0.4, 0.5) is 8.78 Å². The molecule has 1 aromatic rings. The highest BCUT2D eigenvalue weighted by Gasteiger charge is 2.13. The molecule has 0 unspecified atom stereocenters. The highest BCUT2D eigenvalue weighted by Crippen LogP contribution is 2.22. The minimum atomic E-state index is -2.41. The van der Waals surface area contributed by atoms with Crippen LogP contribution in [-0.2, 0) is 0 Å². The van der Waals surface area contributed by atoms with E-state index < -0.39 is 6.43 Å². The van der Waals surface area contributed by atoms with Crippen LogP contribution in [0.5, 0.6) is 5.75 Å². The van der Waals surface area contributed by atoms with E-state index in [2.05, 4.69) is 5.32 Å². The molecule has 1 N–H and O–H groups in total. The summed E-state index contributed by atoms with van der Waals surface area (Å²) in [6, 6.07) is 6.07. The van der Waals surface area contributed by atoms with E-state index in [0.717, 1.165) is 25.9 Å². The Kier molecular flexibility index (Phi) is 4.31. The maximum absolute atomic E-state index is 12.3. The lowest BCUT2D eigenvalue weighted by Gasteiger charge is -2.22. The molecule has 0 aliphatic carbocycles. The molecule has 94 valence electrons. The number of nitrogens with one attached hydrogen (secondary N) is 1. The van der Waals surface area contributed by atoms with Gasteiger partial charge in [0.2, 0.25) is 0 Å². The summed E-state index contributed by atoms with van der Waals surface area (Å²) in [6.07, 6.45) is -0.169. The number of hydrogen-bond acceptors (Lipinski definition) is 2. The maximum Gasteiger partial charge on any atom is 0.263 e. The third-order valence-electron chi connectivity index (χ3n) is 3.08. The van der Waals surface area contributed by atoms with Crippen LogP contribution in [0, 0.1) is 5.92 Å². The summed E-state index contributed by atoms with van der Waals surface area (Å²) in [6.45, 7) is 2.76. The van der Waals surface area contributed by atoms with Crippen molar-refractivity contribution in [2.45, 2.75) is 19.3 Å². The van der Waals surface area contributed by atoms with Gasteiger partial charge in [-0.3, -0.25) is 0 Å². The normalized spacial score (nSPS) is 17.4. The molecule has 4 heteroatoms. The van der Waals surface area contributed by atoms with Gasteiger partial charge in [-0.15, -0.1) is 0 Å². The zero-order valence-corrected chi connectivity index (χ0v) is 9.66. The van der Waals surface area contributed by atoms with Gasteiger partial charge in [-0.05, 0) is 56.1 Å². The fourth-order valence-corrected chi connectivity index (χ4v) is 1.97. The minimum Gasteiger partial charge on any atom is -0.493 e. The van der Waals surface area contributed by atoms with Crippen molar-refractivity contribution in [1.29, 1.82) is 0 Å². The van der Waals surface area contributed by atoms with Crippen LogP contribution >= 0.6 is 0 Å².